The van der Waals surface area contributed by atoms with Crippen molar-refractivity contribution in [3.8, 4) is 0 Å². The molecule has 4 unspecified atom stereocenters. The van der Waals surface area contributed by atoms with Gasteiger partial charge in [-0.2, -0.15) is 12.6 Å². The molecule has 0 spiro atoms. The summed E-state index contributed by atoms with van der Waals surface area (Å²) in [5.41, 5.74) is 0. The highest BCUT2D eigenvalue weighted by atomic mass is 32.1. The average Bonchev–Trinajstić information content (AvgIpc) is 3.17. The number of carboxylic acids is 2. The molecule has 3 amide bonds. The summed E-state index contributed by atoms with van der Waals surface area (Å²) < 4.78 is 0. The van der Waals surface area contributed by atoms with Crippen molar-refractivity contribution in [1.29, 1.82) is 0 Å². The van der Waals surface area contributed by atoms with Crippen molar-refractivity contribution >= 4 is 42.3 Å². The van der Waals surface area contributed by atoms with Gasteiger partial charge >= 0.3 is 11.9 Å². The van der Waals surface area contributed by atoms with Gasteiger partial charge in [0.2, 0.25) is 17.7 Å². The van der Waals surface area contributed by atoms with Crippen LogP contribution in [0.15, 0.2) is 0 Å². The summed E-state index contributed by atoms with van der Waals surface area (Å²) in [6.45, 7) is 3.92. The number of rotatable bonds is 11. The summed E-state index contributed by atoms with van der Waals surface area (Å²) in [7, 11) is 0. The lowest BCUT2D eigenvalue weighted by Gasteiger charge is -2.26. The van der Waals surface area contributed by atoms with Gasteiger partial charge in [-0.25, -0.2) is 4.79 Å². The van der Waals surface area contributed by atoms with Crippen molar-refractivity contribution in [2.45, 2.75) is 57.3 Å². The molecule has 1 rings (SSSR count). The van der Waals surface area contributed by atoms with Crippen molar-refractivity contribution in [3.05, 3.63) is 0 Å². The molecule has 0 saturated carbocycles. The molecule has 4 atom stereocenters. The summed E-state index contributed by atoms with van der Waals surface area (Å²) >= 11 is 3.87. The zero-order chi connectivity index (χ0) is 22.1. The molecule has 164 valence electrons. The van der Waals surface area contributed by atoms with Gasteiger partial charge in [0, 0.05) is 5.75 Å². The van der Waals surface area contributed by atoms with E-state index in [2.05, 4.69) is 33.9 Å². The van der Waals surface area contributed by atoms with E-state index < -0.39 is 66.2 Å². The Labute approximate surface area is 173 Å². The van der Waals surface area contributed by atoms with Crippen molar-refractivity contribution in [3.63, 3.8) is 0 Å². The summed E-state index contributed by atoms with van der Waals surface area (Å²) in [5.74, 6) is -5.22. The van der Waals surface area contributed by atoms with Gasteiger partial charge in [-0.3, -0.25) is 19.2 Å². The fourth-order valence-electron chi connectivity index (χ4n) is 2.80. The van der Waals surface area contributed by atoms with Crippen molar-refractivity contribution < 1.29 is 34.2 Å². The van der Waals surface area contributed by atoms with Crippen LogP contribution in [0.4, 0.5) is 0 Å². The zero-order valence-corrected chi connectivity index (χ0v) is 17.2. The predicted octanol–water partition coefficient (Wildman–Crippen LogP) is -1.66. The maximum Gasteiger partial charge on any atom is 0.327 e. The average molecular weight is 432 g/mol. The van der Waals surface area contributed by atoms with E-state index in [1.54, 1.807) is 13.8 Å². The van der Waals surface area contributed by atoms with Crippen LogP contribution in [0.5, 0.6) is 0 Å². The molecule has 0 aromatic carbocycles. The highest BCUT2D eigenvalue weighted by Gasteiger charge is 2.33. The second kappa shape index (κ2) is 11.6. The number of aliphatic carboxylic acids is 2. The minimum Gasteiger partial charge on any atom is -0.481 e. The monoisotopic (exact) mass is 432 g/mol. The molecule has 1 fully saturated rings. The van der Waals surface area contributed by atoms with Gasteiger partial charge in [-0.15, -0.1) is 0 Å². The van der Waals surface area contributed by atoms with Crippen LogP contribution in [0.25, 0.3) is 0 Å². The minimum atomic E-state index is -1.38. The molecule has 1 aliphatic heterocycles. The maximum absolute atomic E-state index is 12.6. The number of hydrogen-bond acceptors (Lipinski definition) is 7. The van der Waals surface area contributed by atoms with Gasteiger partial charge in [0.25, 0.3) is 0 Å². The fraction of sp³-hybridized carbons (Fsp3) is 0.706. The molecule has 0 bridgehead atoms. The summed E-state index contributed by atoms with van der Waals surface area (Å²) in [5, 5.41) is 28.2. The Balaban J connectivity index is 2.86. The molecule has 0 aliphatic carbocycles. The Morgan fingerprint density at radius 1 is 1.03 bits per heavy atom. The predicted molar refractivity (Wildman–Crippen MR) is 105 cm³/mol. The van der Waals surface area contributed by atoms with Crippen LogP contribution in [0.3, 0.4) is 0 Å². The number of carboxylic acid groups (broad SMARTS) is 2. The molecular formula is C17H28N4O7S. The highest BCUT2D eigenvalue weighted by molar-refractivity contribution is 7.80. The number of thiol groups is 1. The molecule has 11 nitrogen and oxygen atoms in total. The van der Waals surface area contributed by atoms with E-state index in [1.807, 2.05) is 0 Å². The van der Waals surface area contributed by atoms with Crippen LogP contribution < -0.4 is 21.3 Å². The molecule has 1 aliphatic rings. The largest absolute Gasteiger partial charge is 0.481 e. The smallest absolute Gasteiger partial charge is 0.327 e. The van der Waals surface area contributed by atoms with E-state index in [4.69, 9.17) is 10.2 Å². The molecule has 0 aromatic rings. The Bertz CT molecular complexity index is 637. The van der Waals surface area contributed by atoms with Gasteiger partial charge in [0.15, 0.2) is 0 Å². The summed E-state index contributed by atoms with van der Waals surface area (Å²) in [4.78, 5) is 59.5. The third kappa shape index (κ3) is 7.89. The third-order valence-corrected chi connectivity index (χ3v) is 4.80. The first kappa shape index (κ1) is 24.7. The number of hydrogen-bond donors (Lipinski definition) is 7. The maximum atomic E-state index is 12.6. The van der Waals surface area contributed by atoms with Gasteiger partial charge in [0.1, 0.15) is 18.1 Å². The van der Waals surface area contributed by atoms with Gasteiger partial charge in [-0.1, -0.05) is 13.8 Å². The Hall–Kier alpha value is -2.34. The molecule has 6 N–H and O–H groups in total. The van der Waals surface area contributed by atoms with Crippen LogP contribution in [0.1, 0.15) is 33.1 Å². The molecular weight excluding hydrogens is 404 g/mol. The first-order chi connectivity index (χ1) is 13.6. The van der Waals surface area contributed by atoms with E-state index in [9.17, 15) is 24.0 Å². The van der Waals surface area contributed by atoms with E-state index in [0.717, 1.165) is 6.42 Å². The quantitative estimate of drug-likeness (QED) is 0.190. The van der Waals surface area contributed by atoms with Crippen LogP contribution in [0.2, 0.25) is 0 Å². The van der Waals surface area contributed by atoms with Gasteiger partial charge < -0.3 is 31.5 Å². The fourth-order valence-corrected chi connectivity index (χ4v) is 3.05. The van der Waals surface area contributed by atoms with Crippen LogP contribution in [-0.4, -0.2) is 76.3 Å². The first-order valence-corrected chi connectivity index (χ1v) is 9.90. The van der Waals surface area contributed by atoms with Crippen LogP contribution >= 0.6 is 12.6 Å². The van der Waals surface area contributed by atoms with Crippen molar-refractivity contribution in [2.24, 2.45) is 5.92 Å². The second-order valence-corrected chi connectivity index (χ2v) is 7.49. The SMILES string of the molecule is CC(C)C(NC(=O)C(CC(=O)O)NC(=O)C1CCCN1)C(=O)NC(CS)C(=O)O. The van der Waals surface area contributed by atoms with Gasteiger partial charge in [-0.05, 0) is 25.3 Å². The molecule has 1 saturated heterocycles. The minimum absolute atomic E-state index is 0.147. The number of nitrogens with one attached hydrogen (secondary N) is 4. The molecule has 29 heavy (non-hydrogen) atoms. The topological polar surface area (TPSA) is 174 Å². The first-order valence-electron chi connectivity index (χ1n) is 9.26. The van der Waals surface area contributed by atoms with Crippen molar-refractivity contribution in [1.82, 2.24) is 21.3 Å². The van der Waals surface area contributed by atoms with E-state index in [-0.39, 0.29) is 5.75 Å². The number of carbonyl (C=O) groups excluding carboxylic acids is 3. The molecule has 0 aromatic heterocycles. The second-order valence-electron chi connectivity index (χ2n) is 7.12. The van der Waals surface area contributed by atoms with Crippen LogP contribution in [-0.2, 0) is 24.0 Å². The lowest BCUT2D eigenvalue weighted by molar-refractivity contribution is -0.143. The van der Waals surface area contributed by atoms with Gasteiger partial charge in [0.05, 0.1) is 12.5 Å². The summed E-state index contributed by atoms with van der Waals surface area (Å²) in [6.07, 6.45) is 0.703. The number of carbonyl (C=O) groups is 5. The summed E-state index contributed by atoms with van der Waals surface area (Å²) in [6, 6.07) is -4.25. The van der Waals surface area contributed by atoms with E-state index in [0.29, 0.717) is 13.0 Å². The van der Waals surface area contributed by atoms with Crippen LogP contribution in [0, 0.1) is 5.92 Å². The third-order valence-electron chi connectivity index (χ3n) is 4.43. The molecule has 12 heteroatoms. The lowest BCUT2D eigenvalue weighted by atomic mass is 10.0. The molecule has 0 radical (unpaired) electrons. The normalized spacial score (nSPS) is 19.1. The molecule has 1 heterocycles. The standard InChI is InChI=1S/C17H28N4O7S/c1-8(2)13(16(26)20-11(7-29)17(27)28)21-15(25)10(6-12(22)23)19-14(24)9-4-3-5-18-9/h8-11,13,18,29H,3-7H2,1-2H3,(H,19,24)(H,20,26)(H,21,25)(H,22,23)(H,27,28). The Morgan fingerprint density at radius 2 is 1.69 bits per heavy atom. The van der Waals surface area contributed by atoms with Crippen molar-refractivity contribution in [2.75, 3.05) is 12.3 Å². The Kier molecular flexibility index (Phi) is 9.89. The lowest BCUT2D eigenvalue weighted by Crippen LogP contribution is -2.58. The number of amides is 3. The highest BCUT2D eigenvalue weighted by Crippen LogP contribution is 2.08. The van der Waals surface area contributed by atoms with E-state index >= 15 is 0 Å². The van der Waals surface area contributed by atoms with E-state index in [1.165, 1.54) is 0 Å². The Morgan fingerprint density at radius 3 is 2.14 bits per heavy atom. The zero-order valence-electron chi connectivity index (χ0n) is 16.3.